The van der Waals surface area contributed by atoms with Gasteiger partial charge in [0, 0.05) is 36.8 Å². The van der Waals surface area contributed by atoms with E-state index in [1.807, 2.05) is 44.5 Å². The second-order valence-electron chi connectivity index (χ2n) is 8.47. The molecular weight excluding hydrogens is 460 g/mol. The molecule has 2 amide bonds. The summed E-state index contributed by atoms with van der Waals surface area (Å²) in [5, 5.41) is 5.21. The normalized spacial score (nSPS) is 15.8. The fraction of sp³-hybridized carbons (Fsp3) is 0.333. The minimum Gasteiger partial charge on any atom is -0.493 e. The minimum atomic E-state index is -0.617. The first-order chi connectivity index (χ1) is 17.4. The number of rotatable bonds is 12. The van der Waals surface area contributed by atoms with Crippen LogP contribution < -0.4 is 20.1 Å². The van der Waals surface area contributed by atoms with E-state index >= 15 is 0 Å². The van der Waals surface area contributed by atoms with Crippen LogP contribution in [-0.4, -0.2) is 62.6 Å². The quantitative estimate of drug-likeness (QED) is 0.344. The lowest BCUT2D eigenvalue weighted by molar-refractivity contribution is -0.120. The van der Waals surface area contributed by atoms with E-state index < -0.39 is 6.04 Å². The predicted octanol–water partition coefficient (Wildman–Crippen LogP) is 3.82. The average Bonchev–Trinajstić information content (AvgIpc) is 3.26. The number of aldehydes is 1. The van der Waals surface area contributed by atoms with Crippen LogP contribution >= 0.6 is 0 Å². The summed E-state index contributed by atoms with van der Waals surface area (Å²) in [5.74, 6) is 0.766. The second kappa shape index (κ2) is 12.5. The summed E-state index contributed by atoms with van der Waals surface area (Å²) >= 11 is 0. The summed E-state index contributed by atoms with van der Waals surface area (Å²) < 4.78 is 11.1. The number of aliphatic imine (C=N–C) groups is 1. The molecule has 3 rings (SSSR count). The van der Waals surface area contributed by atoms with Crippen LogP contribution in [0.1, 0.15) is 42.6 Å². The van der Waals surface area contributed by atoms with Crippen LogP contribution in [0.15, 0.2) is 47.6 Å². The Kier molecular flexibility index (Phi) is 9.21. The molecule has 2 aromatic carbocycles. The predicted molar refractivity (Wildman–Crippen MR) is 140 cm³/mol. The summed E-state index contributed by atoms with van der Waals surface area (Å²) in [6.07, 6.45) is 6.74. The molecule has 0 bridgehead atoms. The van der Waals surface area contributed by atoms with Crippen LogP contribution in [0.2, 0.25) is 0 Å². The Morgan fingerprint density at radius 2 is 1.97 bits per heavy atom. The van der Waals surface area contributed by atoms with Gasteiger partial charge in [-0.1, -0.05) is 19.1 Å². The number of hydrogen-bond acceptors (Lipinski definition) is 7. The number of anilines is 1. The molecule has 36 heavy (non-hydrogen) atoms. The van der Waals surface area contributed by atoms with Crippen molar-refractivity contribution in [3.05, 3.63) is 53.7 Å². The number of nitrogens with zero attached hydrogens (tertiary/aromatic N) is 2. The zero-order chi connectivity index (χ0) is 26.1. The molecule has 0 spiro atoms. The maximum absolute atomic E-state index is 12.1. The molecule has 1 heterocycles. The van der Waals surface area contributed by atoms with Crippen molar-refractivity contribution in [2.75, 3.05) is 26.1 Å². The zero-order valence-corrected chi connectivity index (χ0v) is 21.0. The van der Waals surface area contributed by atoms with Gasteiger partial charge in [-0.25, -0.2) is 0 Å². The smallest absolute Gasteiger partial charge is 0.246 e. The third-order valence-corrected chi connectivity index (χ3v) is 5.83. The number of benzene rings is 2. The molecule has 2 aromatic rings. The van der Waals surface area contributed by atoms with Gasteiger partial charge in [0.2, 0.25) is 12.3 Å². The molecular formula is C27H32N4O5. The number of carbonyl (C=O) groups excluding carboxylic acids is 3. The maximum atomic E-state index is 12.1. The Morgan fingerprint density at radius 1 is 1.22 bits per heavy atom. The molecule has 0 aromatic heterocycles. The Labute approximate surface area is 211 Å². The highest BCUT2D eigenvalue weighted by molar-refractivity contribution is 5.95. The van der Waals surface area contributed by atoms with E-state index in [0.29, 0.717) is 41.5 Å². The highest BCUT2D eigenvalue weighted by Crippen LogP contribution is 2.35. The molecule has 9 heteroatoms. The van der Waals surface area contributed by atoms with Gasteiger partial charge in [0.15, 0.2) is 17.8 Å². The molecule has 2 atom stereocenters. The van der Waals surface area contributed by atoms with E-state index in [9.17, 15) is 14.4 Å². The highest BCUT2D eigenvalue weighted by atomic mass is 16.5. The molecule has 1 aliphatic rings. The van der Waals surface area contributed by atoms with Crippen molar-refractivity contribution < 1.29 is 23.9 Å². The molecule has 0 aliphatic carbocycles. The molecule has 2 N–H and O–H groups in total. The van der Waals surface area contributed by atoms with Gasteiger partial charge in [0.25, 0.3) is 0 Å². The number of methoxy groups -OCH3 is 1. The van der Waals surface area contributed by atoms with Gasteiger partial charge in [-0.05, 0) is 49.1 Å². The van der Waals surface area contributed by atoms with Crippen LogP contribution in [0.3, 0.4) is 0 Å². The van der Waals surface area contributed by atoms with Crippen molar-refractivity contribution >= 4 is 41.8 Å². The lowest BCUT2D eigenvalue weighted by Gasteiger charge is -2.16. The first-order valence-electron chi connectivity index (χ1n) is 11.8. The SMILES string of the molecule is CCCOc1cc(/N=C\C2CC(c3ccc(NC(=O)C(C)NC=O)cc3)=CN2C)c(C=O)cc1OC. The Hall–Kier alpha value is -4.14. The summed E-state index contributed by atoms with van der Waals surface area (Å²) in [4.78, 5) is 40.9. The van der Waals surface area contributed by atoms with Crippen molar-refractivity contribution in [3.8, 4) is 11.5 Å². The fourth-order valence-corrected chi connectivity index (χ4v) is 3.73. The monoisotopic (exact) mass is 492 g/mol. The molecule has 0 saturated carbocycles. The van der Waals surface area contributed by atoms with Crippen molar-refractivity contribution in [2.24, 2.45) is 4.99 Å². The summed E-state index contributed by atoms with van der Waals surface area (Å²) in [6, 6.07) is 10.3. The van der Waals surface area contributed by atoms with E-state index in [4.69, 9.17) is 9.47 Å². The van der Waals surface area contributed by atoms with Crippen molar-refractivity contribution in [3.63, 3.8) is 0 Å². The number of ether oxygens (including phenoxy) is 2. The first-order valence-corrected chi connectivity index (χ1v) is 11.8. The lowest BCUT2D eigenvalue weighted by Crippen LogP contribution is -2.37. The van der Waals surface area contributed by atoms with E-state index in [2.05, 4.69) is 26.7 Å². The van der Waals surface area contributed by atoms with Crippen LogP contribution in [0.25, 0.3) is 5.57 Å². The van der Waals surface area contributed by atoms with Crippen LogP contribution in [0.4, 0.5) is 11.4 Å². The van der Waals surface area contributed by atoms with Gasteiger partial charge in [-0.2, -0.15) is 0 Å². The molecule has 0 saturated heterocycles. The van der Waals surface area contributed by atoms with E-state index in [-0.39, 0.29) is 11.9 Å². The maximum Gasteiger partial charge on any atom is 0.246 e. The average molecular weight is 493 g/mol. The molecule has 1 aliphatic heterocycles. The van der Waals surface area contributed by atoms with Gasteiger partial charge in [-0.3, -0.25) is 19.4 Å². The fourth-order valence-electron chi connectivity index (χ4n) is 3.73. The first kappa shape index (κ1) is 26.5. The van der Waals surface area contributed by atoms with E-state index in [1.165, 1.54) is 7.11 Å². The Bertz CT molecular complexity index is 1140. The molecule has 9 nitrogen and oxygen atoms in total. The highest BCUT2D eigenvalue weighted by Gasteiger charge is 2.22. The Morgan fingerprint density at radius 3 is 2.61 bits per heavy atom. The second-order valence-corrected chi connectivity index (χ2v) is 8.47. The third-order valence-electron chi connectivity index (χ3n) is 5.83. The van der Waals surface area contributed by atoms with Gasteiger partial charge >= 0.3 is 0 Å². The largest absolute Gasteiger partial charge is 0.493 e. The van der Waals surface area contributed by atoms with Crippen LogP contribution in [0, 0.1) is 0 Å². The van der Waals surface area contributed by atoms with Crippen molar-refractivity contribution in [2.45, 2.75) is 38.8 Å². The summed E-state index contributed by atoms with van der Waals surface area (Å²) in [5.41, 5.74) is 3.76. The molecule has 2 unspecified atom stereocenters. The molecule has 190 valence electrons. The van der Waals surface area contributed by atoms with Gasteiger partial charge in [0.05, 0.1) is 25.4 Å². The number of carbonyl (C=O) groups is 3. The number of amides is 2. The van der Waals surface area contributed by atoms with Gasteiger partial charge in [0.1, 0.15) is 6.04 Å². The molecule has 0 fully saturated rings. The van der Waals surface area contributed by atoms with E-state index in [1.54, 1.807) is 19.1 Å². The summed E-state index contributed by atoms with van der Waals surface area (Å²) in [6.45, 7) is 4.17. The van der Waals surface area contributed by atoms with E-state index in [0.717, 1.165) is 30.3 Å². The summed E-state index contributed by atoms with van der Waals surface area (Å²) in [7, 11) is 3.52. The number of nitrogens with one attached hydrogen (secondary N) is 2. The minimum absolute atomic E-state index is 0.0104. The zero-order valence-electron chi connectivity index (χ0n) is 21.0. The lowest BCUT2D eigenvalue weighted by atomic mass is 10.0. The van der Waals surface area contributed by atoms with Gasteiger partial charge < -0.3 is 25.0 Å². The van der Waals surface area contributed by atoms with Crippen molar-refractivity contribution in [1.82, 2.24) is 10.2 Å². The van der Waals surface area contributed by atoms with Gasteiger partial charge in [-0.15, -0.1) is 0 Å². The topological polar surface area (TPSA) is 109 Å². The third kappa shape index (κ3) is 6.50. The van der Waals surface area contributed by atoms with Crippen LogP contribution in [0.5, 0.6) is 11.5 Å². The number of hydrogen-bond donors (Lipinski definition) is 2. The standard InChI is InChI=1S/C27H32N4O5/c1-5-10-36-26-13-24(21(16-32)12-25(26)35-4)28-14-23-11-20(15-31(23)3)19-6-8-22(9-7-19)30-27(34)18(2)29-17-33/h6-9,12-18,23H,5,10-11H2,1-4H3,(H,29,33)(H,30,34)/b28-14-. The Balaban J connectivity index is 1.70. The van der Waals surface area contributed by atoms with Crippen molar-refractivity contribution in [1.29, 1.82) is 0 Å². The van der Waals surface area contributed by atoms with Crippen LogP contribution in [-0.2, 0) is 9.59 Å². The molecule has 0 radical (unpaired) electrons.